The van der Waals surface area contributed by atoms with Crippen molar-refractivity contribution in [2.24, 2.45) is 0 Å². The average Bonchev–Trinajstić information content (AvgIpc) is 2.92. The molecule has 0 radical (unpaired) electrons. The van der Waals surface area contributed by atoms with Gasteiger partial charge in [-0.15, -0.1) is 0 Å². The van der Waals surface area contributed by atoms with Crippen LogP contribution in [0.2, 0.25) is 0 Å². The predicted molar refractivity (Wildman–Crippen MR) is 72.4 cm³/mol. The van der Waals surface area contributed by atoms with Gasteiger partial charge in [-0.2, -0.15) is 0 Å². The topological polar surface area (TPSA) is 19.6 Å². The van der Waals surface area contributed by atoms with Crippen molar-refractivity contribution < 1.29 is 0 Å². The Bertz CT molecular complexity index is 684. The predicted octanol–water partition coefficient (Wildman–Crippen LogP) is 3.68. The number of hydrogen-bond donors (Lipinski definition) is 1. The second-order valence-electron chi connectivity index (χ2n) is 4.68. The van der Waals surface area contributed by atoms with E-state index in [9.17, 15) is 0 Å². The molecule has 18 heavy (non-hydrogen) atoms. The molecule has 0 saturated carbocycles. The van der Waals surface area contributed by atoms with Gasteiger partial charge in [0.1, 0.15) is 6.17 Å². The fourth-order valence-corrected chi connectivity index (χ4v) is 2.91. The molecule has 4 rings (SSSR count). The Morgan fingerprint density at radius 1 is 1.17 bits per heavy atom. The lowest BCUT2D eigenvalue weighted by Crippen LogP contribution is -2.27. The highest BCUT2D eigenvalue weighted by molar-refractivity contribution is 5.86. The Labute approximate surface area is 105 Å². The molecule has 1 N–H and O–H groups in total. The minimum absolute atomic E-state index is 0.304. The summed E-state index contributed by atoms with van der Waals surface area (Å²) in [5, 5.41) is 3.53. The molecule has 0 fully saturated rings. The van der Waals surface area contributed by atoms with Gasteiger partial charge in [0, 0.05) is 12.1 Å². The van der Waals surface area contributed by atoms with E-state index in [-0.39, 0.29) is 0 Å². The number of nitrogens with zero attached hydrogens (tertiary/aromatic N) is 2. The van der Waals surface area contributed by atoms with E-state index in [1.807, 2.05) is 12.1 Å². The monoisotopic (exact) mass is 233 g/mol. The highest BCUT2D eigenvalue weighted by Gasteiger charge is 2.36. The number of anilines is 3. The SMILES string of the molecule is [C-]#[N+]c1ccc2c(c1)CC1Nc3ccccc3N21. The van der Waals surface area contributed by atoms with E-state index >= 15 is 0 Å². The number of nitrogens with one attached hydrogen (secondary N) is 1. The lowest BCUT2D eigenvalue weighted by Gasteiger charge is -2.19. The first-order chi connectivity index (χ1) is 8.86. The Balaban J connectivity index is 1.88. The lowest BCUT2D eigenvalue weighted by molar-refractivity contribution is 0.807. The van der Waals surface area contributed by atoms with E-state index in [1.165, 1.54) is 22.6 Å². The van der Waals surface area contributed by atoms with Crippen LogP contribution in [0.1, 0.15) is 5.56 Å². The van der Waals surface area contributed by atoms with Gasteiger partial charge in [0.15, 0.2) is 5.69 Å². The smallest absolute Gasteiger partial charge is 0.187 e. The van der Waals surface area contributed by atoms with Crippen LogP contribution in [0.25, 0.3) is 4.85 Å². The normalized spacial score (nSPS) is 18.6. The van der Waals surface area contributed by atoms with E-state index < -0.39 is 0 Å². The Morgan fingerprint density at radius 2 is 2.06 bits per heavy atom. The molecule has 0 bridgehead atoms. The first kappa shape index (κ1) is 9.55. The van der Waals surface area contributed by atoms with E-state index in [0.29, 0.717) is 6.17 Å². The molecule has 2 aromatic carbocycles. The minimum Gasteiger partial charge on any atom is -0.363 e. The summed E-state index contributed by atoms with van der Waals surface area (Å²) in [6.45, 7) is 7.08. The summed E-state index contributed by atoms with van der Waals surface area (Å²) < 4.78 is 0. The van der Waals surface area contributed by atoms with Crippen molar-refractivity contribution in [2.75, 3.05) is 10.2 Å². The van der Waals surface area contributed by atoms with Gasteiger partial charge < -0.3 is 10.2 Å². The van der Waals surface area contributed by atoms with Gasteiger partial charge in [0.2, 0.25) is 0 Å². The summed E-state index contributed by atoms with van der Waals surface area (Å²) in [6.07, 6.45) is 1.26. The molecule has 0 amide bonds. The van der Waals surface area contributed by atoms with Gasteiger partial charge in [0.25, 0.3) is 0 Å². The minimum atomic E-state index is 0.304. The van der Waals surface area contributed by atoms with E-state index in [0.717, 1.165) is 12.1 Å². The maximum absolute atomic E-state index is 7.08. The van der Waals surface area contributed by atoms with Gasteiger partial charge in [-0.1, -0.05) is 24.3 Å². The van der Waals surface area contributed by atoms with Crippen LogP contribution in [0.4, 0.5) is 22.7 Å². The zero-order chi connectivity index (χ0) is 12.1. The molecule has 0 aliphatic carbocycles. The fourth-order valence-electron chi connectivity index (χ4n) is 2.91. The number of benzene rings is 2. The Hall–Kier alpha value is -2.47. The molecule has 0 aromatic heterocycles. The summed E-state index contributed by atoms with van der Waals surface area (Å²) >= 11 is 0. The summed E-state index contributed by atoms with van der Waals surface area (Å²) in [6, 6.07) is 14.3. The van der Waals surface area contributed by atoms with Crippen LogP contribution >= 0.6 is 0 Å². The average molecular weight is 233 g/mol. The van der Waals surface area contributed by atoms with Crippen LogP contribution in [0.3, 0.4) is 0 Å². The highest BCUT2D eigenvalue weighted by atomic mass is 15.3. The number of hydrogen-bond acceptors (Lipinski definition) is 2. The zero-order valence-electron chi connectivity index (χ0n) is 9.72. The summed E-state index contributed by atoms with van der Waals surface area (Å²) in [7, 11) is 0. The maximum atomic E-state index is 7.08. The first-order valence-electron chi connectivity index (χ1n) is 6.02. The van der Waals surface area contributed by atoms with Gasteiger partial charge in [0.05, 0.1) is 17.9 Å². The third kappa shape index (κ3) is 1.12. The third-order valence-corrected chi connectivity index (χ3v) is 3.66. The van der Waals surface area contributed by atoms with E-state index in [2.05, 4.69) is 45.4 Å². The number of para-hydroxylation sites is 2. The van der Waals surface area contributed by atoms with Crippen molar-refractivity contribution >= 4 is 22.7 Å². The molecule has 2 heterocycles. The molecule has 3 nitrogen and oxygen atoms in total. The quantitative estimate of drug-likeness (QED) is 0.700. The summed E-state index contributed by atoms with van der Waals surface area (Å²) in [4.78, 5) is 5.83. The molecule has 0 spiro atoms. The second kappa shape index (κ2) is 3.27. The lowest BCUT2D eigenvalue weighted by atomic mass is 10.1. The molecule has 1 atom stereocenters. The molecule has 2 aromatic rings. The van der Waals surface area contributed by atoms with Crippen LogP contribution in [0, 0.1) is 6.57 Å². The molecule has 2 aliphatic rings. The Kier molecular flexibility index (Phi) is 1.73. The van der Waals surface area contributed by atoms with Crippen LogP contribution < -0.4 is 10.2 Å². The van der Waals surface area contributed by atoms with Gasteiger partial charge in [-0.3, -0.25) is 0 Å². The first-order valence-corrected chi connectivity index (χ1v) is 6.02. The van der Waals surface area contributed by atoms with Crippen molar-refractivity contribution in [3.63, 3.8) is 0 Å². The van der Waals surface area contributed by atoms with E-state index in [1.54, 1.807) is 0 Å². The van der Waals surface area contributed by atoms with Crippen molar-refractivity contribution in [1.29, 1.82) is 0 Å². The fraction of sp³-hybridized carbons (Fsp3) is 0.133. The van der Waals surface area contributed by atoms with Crippen molar-refractivity contribution in [1.82, 2.24) is 0 Å². The standard InChI is InChI=1S/C15H11N3/c1-16-11-6-7-13-10(8-11)9-15-17-12-4-2-3-5-14(12)18(13)15/h2-8,15,17H,9H2. The van der Waals surface area contributed by atoms with Crippen molar-refractivity contribution in [2.45, 2.75) is 12.6 Å². The van der Waals surface area contributed by atoms with E-state index in [4.69, 9.17) is 6.57 Å². The van der Waals surface area contributed by atoms with Gasteiger partial charge >= 0.3 is 0 Å². The van der Waals surface area contributed by atoms with Gasteiger partial charge in [-0.05, 0) is 23.8 Å². The largest absolute Gasteiger partial charge is 0.363 e. The molecular weight excluding hydrogens is 222 g/mol. The molecule has 86 valence electrons. The molecule has 3 heteroatoms. The molecule has 2 aliphatic heterocycles. The van der Waals surface area contributed by atoms with Gasteiger partial charge in [-0.25, -0.2) is 4.85 Å². The number of fused-ring (bicyclic) bond motifs is 5. The van der Waals surface area contributed by atoms with Crippen LogP contribution in [-0.2, 0) is 6.42 Å². The third-order valence-electron chi connectivity index (χ3n) is 3.66. The van der Waals surface area contributed by atoms with Crippen LogP contribution in [0.5, 0.6) is 0 Å². The highest BCUT2D eigenvalue weighted by Crippen LogP contribution is 2.47. The summed E-state index contributed by atoms with van der Waals surface area (Å²) in [5.41, 5.74) is 5.64. The zero-order valence-corrected chi connectivity index (χ0v) is 9.72. The number of rotatable bonds is 0. The molecule has 0 saturated heterocycles. The Morgan fingerprint density at radius 3 is 2.94 bits per heavy atom. The van der Waals surface area contributed by atoms with Crippen molar-refractivity contribution in [3.05, 3.63) is 59.4 Å². The van der Waals surface area contributed by atoms with Crippen LogP contribution in [-0.4, -0.2) is 6.17 Å². The summed E-state index contributed by atoms with van der Waals surface area (Å²) in [5.74, 6) is 0. The maximum Gasteiger partial charge on any atom is 0.187 e. The second-order valence-corrected chi connectivity index (χ2v) is 4.68. The van der Waals surface area contributed by atoms with Crippen molar-refractivity contribution in [3.8, 4) is 0 Å². The molecule has 1 unspecified atom stereocenters. The van der Waals surface area contributed by atoms with Crippen LogP contribution in [0.15, 0.2) is 42.5 Å². The molecular formula is C15H11N3.